The summed E-state index contributed by atoms with van der Waals surface area (Å²) in [6, 6.07) is 11.4. The molecule has 7 nitrogen and oxygen atoms in total. The zero-order valence-electron chi connectivity index (χ0n) is 11.8. The van der Waals surface area contributed by atoms with Crippen molar-refractivity contribution in [3.05, 3.63) is 60.1 Å². The summed E-state index contributed by atoms with van der Waals surface area (Å²) in [4.78, 5) is 0. The number of hydrogen-bond donors (Lipinski definition) is 1. The number of allylic oxidation sites excluding steroid dienone is 1. The van der Waals surface area contributed by atoms with E-state index in [4.69, 9.17) is 9.15 Å². The van der Waals surface area contributed by atoms with Crippen LogP contribution >= 0.6 is 0 Å². The van der Waals surface area contributed by atoms with Gasteiger partial charge >= 0.3 is 0 Å². The molecule has 4 rings (SSSR count). The molecule has 110 valence electrons. The molecule has 22 heavy (non-hydrogen) atoms. The van der Waals surface area contributed by atoms with Crippen molar-refractivity contribution in [3.63, 3.8) is 0 Å². The molecule has 0 saturated heterocycles. The highest BCUT2D eigenvalue weighted by Crippen LogP contribution is 2.32. The van der Waals surface area contributed by atoms with Crippen molar-refractivity contribution in [2.75, 3.05) is 12.4 Å². The molecule has 0 radical (unpaired) electrons. The molecule has 0 aliphatic carbocycles. The number of benzene rings is 1. The maximum absolute atomic E-state index is 5.51. The second kappa shape index (κ2) is 5.03. The molecule has 1 atom stereocenters. The molecule has 0 fully saturated rings. The van der Waals surface area contributed by atoms with Crippen molar-refractivity contribution >= 4 is 11.6 Å². The number of anilines is 1. The van der Waals surface area contributed by atoms with Crippen LogP contribution in [0, 0.1) is 0 Å². The lowest BCUT2D eigenvalue weighted by Gasteiger charge is -2.21. The van der Waals surface area contributed by atoms with Gasteiger partial charge in [-0.3, -0.25) is 0 Å². The Morgan fingerprint density at radius 2 is 2.09 bits per heavy atom. The zero-order valence-corrected chi connectivity index (χ0v) is 11.8. The molecule has 1 aliphatic rings. The van der Waals surface area contributed by atoms with Gasteiger partial charge in [0.15, 0.2) is 0 Å². The number of methoxy groups -OCH3 is 1. The SMILES string of the molecule is COc1ccc(C2=C[C@@H](c3ccco3)n3nnnc3N2)cc1. The van der Waals surface area contributed by atoms with Gasteiger partial charge in [-0.1, -0.05) is 5.10 Å². The summed E-state index contributed by atoms with van der Waals surface area (Å²) in [5.74, 6) is 2.17. The Kier molecular flexibility index (Phi) is 2.89. The van der Waals surface area contributed by atoms with E-state index in [1.807, 2.05) is 42.5 Å². The van der Waals surface area contributed by atoms with E-state index < -0.39 is 0 Å². The first-order valence-corrected chi connectivity index (χ1v) is 6.80. The lowest BCUT2D eigenvalue weighted by Crippen LogP contribution is -2.19. The molecule has 3 aromatic rings. The Hall–Kier alpha value is -3.09. The van der Waals surface area contributed by atoms with Gasteiger partial charge in [-0.05, 0) is 58.5 Å². The molecule has 0 amide bonds. The van der Waals surface area contributed by atoms with E-state index in [2.05, 4.69) is 20.8 Å². The number of nitrogens with one attached hydrogen (secondary N) is 1. The van der Waals surface area contributed by atoms with Gasteiger partial charge in [-0.15, -0.1) is 0 Å². The van der Waals surface area contributed by atoms with Crippen molar-refractivity contribution in [3.8, 4) is 5.75 Å². The Balaban J connectivity index is 1.76. The average molecular weight is 295 g/mol. The molecule has 1 N–H and O–H groups in total. The summed E-state index contributed by atoms with van der Waals surface area (Å²) in [7, 11) is 1.65. The maximum Gasteiger partial charge on any atom is 0.248 e. The number of hydrogen-bond acceptors (Lipinski definition) is 6. The van der Waals surface area contributed by atoms with E-state index in [0.29, 0.717) is 5.95 Å². The van der Waals surface area contributed by atoms with Crippen LogP contribution in [-0.4, -0.2) is 27.3 Å². The number of ether oxygens (including phenoxy) is 1. The molecular weight excluding hydrogens is 282 g/mol. The van der Waals surface area contributed by atoms with Gasteiger partial charge in [0, 0.05) is 5.70 Å². The van der Waals surface area contributed by atoms with E-state index in [0.717, 1.165) is 22.8 Å². The summed E-state index contributed by atoms with van der Waals surface area (Å²) in [5, 5.41) is 15.0. The normalized spacial score (nSPS) is 16.6. The Morgan fingerprint density at radius 3 is 2.82 bits per heavy atom. The fourth-order valence-electron chi connectivity index (χ4n) is 2.46. The highest BCUT2D eigenvalue weighted by molar-refractivity contribution is 5.77. The van der Waals surface area contributed by atoms with Crippen molar-refractivity contribution in [2.45, 2.75) is 6.04 Å². The molecular formula is C15H13N5O2. The first-order valence-electron chi connectivity index (χ1n) is 6.80. The quantitative estimate of drug-likeness (QED) is 0.799. The molecule has 0 saturated carbocycles. The van der Waals surface area contributed by atoms with Crippen molar-refractivity contribution < 1.29 is 9.15 Å². The number of rotatable bonds is 3. The van der Waals surface area contributed by atoms with Crippen LogP contribution in [-0.2, 0) is 0 Å². The highest BCUT2D eigenvalue weighted by atomic mass is 16.5. The lowest BCUT2D eigenvalue weighted by molar-refractivity contribution is 0.415. The van der Waals surface area contributed by atoms with Crippen LogP contribution in [0.25, 0.3) is 5.70 Å². The number of furan rings is 1. The van der Waals surface area contributed by atoms with Crippen LogP contribution in [0.3, 0.4) is 0 Å². The summed E-state index contributed by atoms with van der Waals surface area (Å²) >= 11 is 0. The molecule has 7 heteroatoms. The molecule has 2 aromatic heterocycles. The third-order valence-corrected chi connectivity index (χ3v) is 3.56. The van der Waals surface area contributed by atoms with Gasteiger partial charge in [-0.25, -0.2) is 0 Å². The largest absolute Gasteiger partial charge is 0.497 e. The second-order valence-corrected chi connectivity index (χ2v) is 4.84. The molecule has 0 unspecified atom stereocenters. The maximum atomic E-state index is 5.51. The average Bonchev–Trinajstić information content (AvgIpc) is 3.25. The van der Waals surface area contributed by atoms with Crippen LogP contribution in [0.5, 0.6) is 5.75 Å². The fourth-order valence-corrected chi connectivity index (χ4v) is 2.46. The number of nitrogens with zero attached hydrogens (tertiary/aromatic N) is 4. The van der Waals surface area contributed by atoms with Crippen LogP contribution in [0.2, 0.25) is 0 Å². The minimum absolute atomic E-state index is 0.182. The van der Waals surface area contributed by atoms with Crippen LogP contribution in [0.4, 0.5) is 5.95 Å². The summed E-state index contributed by atoms with van der Waals surface area (Å²) in [6.07, 6.45) is 3.67. The molecule has 0 spiro atoms. The van der Waals surface area contributed by atoms with Gasteiger partial charge in [0.05, 0.1) is 13.4 Å². The summed E-state index contributed by atoms with van der Waals surface area (Å²) in [6.45, 7) is 0. The zero-order chi connectivity index (χ0) is 14.9. The third-order valence-electron chi connectivity index (χ3n) is 3.56. The van der Waals surface area contributed by atoms with E-state index in [1.165, 1.54) is 0 Å². The number of fused-ring (bicyclic) bond motifs is 1. The Bertz CT molecular complexity index is 805. The molecule has 3 heterocycles. The summed E-state index contributed by atoms with van der Waals surface area (Å²) < 4.78 is 12.4. The minimum atomic E-state index is -0.182. The van der Waals surface area contributed by atoms with Gasteiger partial charge in [0.1, 0.15) is 17.6 Å². The monoisotopic (exact) mass is 295 g/mol. The van der Waals surface area contributed by atoms with Gasteiger partial charge in [0.2, 0.25) is 5.95 Å². The number of aromatic nitrogens is 4. The Labute approximate surface area is 126 Å². The van der Waals surface area contributed by atoms with Crippen molar-refractivity contribution in [2.24, 2.45) is 0 Å². The standard InChI is InChI=1S/C15H13N5O2/c1-21-11-6-4-10(5-7-11)12-9-13(14-3-2-8-22-14)20-15(16-12)17-18-19-20/h2-9,13H,1H3,(H,16,17,19)/t13-/m0/s1. The topological polar surface area (TPSA) is 78.0 Å². The predicted octanol–water partition coefficient (Wildman–Crippen LogP) is 2.33. The van der Waals surface area contributed by atoms with E-state index in [1.54, 1.807) is 18.1 Å². The predicted molar refractivity (Wildman–Crippen MR) is 79.3 cm³/mol. The molecule has 1 aromatic carbocycles. The first kappa shape index (κ1) is 12.6. The lowest BCUT2D eigenvalue weighted by atomic mass is 10.1. The van der Waals surface area contributed by atoms with Gasteiger partial charge in [0.25, 0.3) is 0 Å². The molecule has 0 bridgehead atoms. The third kappa shape index (κ3) is 2.03. The highest BCUT2D eigenvalue weighted by Gasteiger charge is 2.25. The van der Waals surface area contributed by atoms with Crippen molar-refractivity contribution in [1.82, 2.24) is 20.2 Å². The summed E-state index contributed by atoms with van der Waals surface area (Å²) in [5.41, 5.74) is 1.94. The van der Waals surface area contributed by atoms with Crippen LogP contribution < -0.4 is 10.1 Å². The first-order chi connectivity index (χ1) is 10.8. The fraction of sp³-hybridized carbons (Fsp3) is 0.133. The van der Waals surface area contributed by atoms with Crippen LogP contribution in [0.1, 0.15) is 17.4 Å². The van der Waals surface area contributed by atoms with E-state index in [-0.39, 0.29) is 6.04 Å². The minimum Gasteiger partial charge on any atom is -0.497 e. The van der Waals surface area contributed by atoms with E-state index in [9.17, 15) is 0 Å². The van der Waals surface area contributed by atoms with E-state index >= 15 is 0 Å². The smallest absolute Gasteiger partial charge is 0.248 e. The van der Waals surface area contributed by atoms with Crippen LogP contribution in [0.15, 0.2) is 53.2 Å². The molecule has 1 aliphatic heterocycles. The van der Waals surface area contributed by atoms with Gasteiger partial charge in [-0.2, -0.15) is 4.68 Å². The second-order valence-electron chi connectivity index (χ2n) is 4.84. The van der Waals surface area contributed by atoms with Gasteiger partial charge < -0.3 is 14.5 Å². The van der Waals surface area contributed by atoms with Crippen molar-refractivity contribution in [1.29, 1.82) is 0 Å². The Morgan fingerprint density at radius 1 is 1.23 bits per heavy atom. The number of tetrazole rings is 1.